The Kier molecular flexibility index (Phi) is 5.59. The van der Waals surface area contributed by atoms with E-state index in [0.29, 0.717) is 23.9 Å². The number of nitrogens with zero attached hydrogens (tertiary/aromatic N) is 2. The van der Waals surface area contributed by atoms with E-state index >= 15 is 0 Å². The van der Waals surface area contributed by atoms with Crippen molar-refractivity contribution in [2.24, 2.45) is 11.4 Å². The highest BCUT2D eigenvalue weighted by Gasteiger charge is 2.25. The zero-order valence-corrected chi connectivity index (χ0v) is 19.3. The third-order valence-electron chi connectivity index (χ3n) is 6.63. The average molecular weight is 456 g/mol. The summed E-state index contributed by atoms with van der Waals surface area (Å²) in [6.45, 7) is 0.636. The van der Waals surface area contributed by atoms with Crippen LogP contribution in [0.1, 0.15) is 32.1 Å². The van der Waals surface area contributed by atoms with E-state index in [4.69, 9.17) is 9.47 Å². The molecule has 0 saturated heterocycles. The highest BCUT2D eigenvalue weighted by Crippen LogP contribution is 2.38. The number of aryl methyl sites for hydroxylation is 1. The van der Waals surface area contributed by atoms with Gasteiger partial charge in [-0.15, -0.1) is 0 Å². The minimum absolute atomic E-state index is 0.0815. The van der Waals surface area contributed by atoms with Gasteiger partial charge in [-0.05, 0) is 56.4 Å². The third-order valence-corrected chi connectivity index (χ3v) is 9.06. The number of hydrogen-bond donors (Lipinski definition) is 1. The van der Waals surface area contributed by atoms with Gasteiger partial charge in [0.05, 0.1) is 21.9 Å². The van der Waals surface area contributed by atoms with Crippen molar-refractivity contribution in [3.05, 3.63) is 47.0 Å². The number of hydrogen-bond acceptors (Lipinski definition) is 5. The standard InChI is InChI=1S/C24H29N3O4S/c1-27-15-21(19-10-12-25-23(19)24(27)28)20-14-18(32(29)13-3-11-26-32)8-9-22(20)31-17-6-4-16(30-2)5-7-17/h8-10,12,14-17,25H,3-7,11,13H2,1-2H3. The molecule has 1 N–H and O–H groups in total. The summed E-state index contributed by atoms with van der Waals surface area (Å²) in [6.07, 6.45) is 8.67. The van der Waals surface area contributed by atoms with E-state index in [-0.39, 0.29) is 11.7 Å². The van der Waals surface area contributed by atoms with Gasteiger partial charge < -0.3 is 19.0 Å². The largest absolute Gasteiger partial charge is 0.490 e. The second kappa shape index (κ2) is 8.41. The van der Waals surface area contributed by atoms with Gasteiger partial charge in [-0.25, -0.2) is 8.57 Å². The first kappa shape index (κ1) is 21.3. The van der Waals surface area contributed by atoms with Crippen LogP contribution in [0.15, 0.2) is 50.7 Å². The lowest BCUT2D eigenvalue weighted by Gasteiger charge is -2.29. The number of methoxy groups -OCH3 is 1. The Morgan fingerprint density at radius 2 is 1.91 bits per heavy atom. The minimum Gasteiger partial charge on any atom is -0.490 e. The summed E-state index contributed by atoms with van der Waals surface area (Å²) in [7, 11) is 1.10. The van der Waals surface area contributed by atoms with E-state index in [0.717, 1.165) is 59.3 Å². The summed E-state index contributed by atoms with van der Waals surface area (Å²) in [5.41, 5.74) is 2.20. The minimum atomic E-state index is -2.41. The molecule has 1 aromatic carbocycles. The molecule has 1 saturated carbocycles. The number of aromatic amines is 1. The van der Waals surface area contributed by atoms with Crippen LogP contribution in [-0.2, 0) is 21.5 Å². The van der Waals surface area contributed by atoms with Gasteiger partial charge in [0.1, 0.15) is 11.3 Å². The fourth-order valence-corrected chi connectivity index (χ4v) is 6.84. The summed E-state index contributed by atoms with van der Waals surface area (Å²) in [5, 5.41) is 0.830. The van der Waals surface area contributed by atoms with Crippen molar-refractivity contribution in [1.82, 2.24) is 9.55 Å². The SMILES string of the molecule is COC1CCC(Oc2ccc(S3(=O)=NCCC3)cc2-c2cn(C)c(=O)c3[nH]ccc23)CC1. The number of aromatic nitrogens is 2. The first-order valence-electron chi connectivity index (χ1n) is 11.2. The van der Waals surface area contributed by atoms with Gasteiger partial charge in [0, 0.05) is 60.3 Å². The summed E-state index contributed by atoms with van der Waals surface area (Å²) >= 11 is 0. The fourth-order valence-electron chi connectivity index (χ4n) is 4.80. The maximum Gasteiger partial charge on any atom is 0.274 e. The van der Waals surface area contributed by atoms with Gasteiger partial charge in [-0.3, -0.25) is 4.79 Å². The second-order valence-corrected chi connectivity index (χ2v) is 11.1. The van der Waals surface area contributed by atoms with E-state index in [9.17, 15) is 9.00 Å². The van der Waals surface area contributed by atoms with E-state index in [2.05, 4.69) is 9.35 Å². The molecule has 0 amide bonds. The number of benzene rings is 1. The molecule has 1 atom stereocenters. The van der Waals surface area contributed by atoms with Gasteiger partial charge in [0.2, 0.25) is 0 Å². The number of H-pyrrole nitrogens is 1. The maximum atomic E-state index is 13.4. The molecule has 0 bridgehead atoms. The topological polar surface area (TPSA) is 85.7 Å². The van der Waals surface area contributed by atoms with Gasteiger partial charge in [0.15, 0.2) is 0 Å². The van der Waals surface area contributed by atoms with Crippen LogP contribution < -0.4 is 10.3 Å². The predicted molar refractivity (Wildman–Crippen MR) is 126 cm³/mol. The lowest BCUT2D eigenvalue weighted by atomic mass is 9.94. The molecule has 170 valence electrons. The van der Waals surface area contributed by atoms with Crippen LogP contribution in [0, 0.1) is 0 Å². The summed E-state index contributed by atoms with van der Waals surface area (Å²) in [4.78, 5) is 16.4. The molecular formula is C24H29N3O4S. The van der Waals surface area contributed by atoms with Gasteiger partial charge in [-0.1, -0.05) is 0 Å². The molecule has 7 nitrogen and oxygen atoms in total. The molecular weight excluding hydrogens is 426 g/mol. The van der Waals surface area contributed by atoms with Crippen LogP contribution in [0.2, 0.25) is 0 Å². The Hall–Kier alpha value is -2.58. The summed E-state index contributed by atoms with van der Waals surface area (Å²) < 4.78 is 31.4. The van der Waals surface area contributed by atoms with Gasteiger partial charge >= 0.3 is 0 Å². The second-order valence-electron chi connectivity index (χ2n) is 8.69. The van der Waals surface area contributed by atoms with Crippen molar-refractivity contribution >= 4 is 20.6 Å². The Balaban J connectivity index is 1.62. The van der Waals surface area contributed by atoms with Crippen molar-refractivity contribution in [2.75, 3.05) is 19.4 Å². The third kappa shape index (κ3) is 3.75. The Bertz CT molecular complexity index is 1320. The highest BCUT2D eigenvalue weighted by atomic mass is 32.2. The average Bonchev–Trinajstić information content (AvgIpc) is 3.47. The molecule has 2 aromatic heterocycles. The number of ether oxygens (including phenoxy) is 2. The molecule has 8 heteroatoms. The van der Waals surface area contributed by atoms with Crippen LogP contribution in [0.25, 0.3) is 22.0 Å². The van der Waals surface area contributed by atoms with Crippen LogP contribution in [-0.4, -0.2) is 45.4 Å². The maximum absolute atomic E-state index is 13.4. The number of pyridine rings is 1. The van der Waals surface area contributed by atoms with Crippen molar-refractivity contribution < 1.29 is 13.7 Å². The quantitative estimate of drug-likeness (QED) is 0.628. The highest BCUT2D eigenvalue weighted by molar-refractivity contribution is 7.93. The summed E-state index contributed by atoms with van der Waals surface area (Å²) in [5.74, 6) is 1.33. The molecule has 32 heavy (non-hydrogen) atoms. The number of nitrogens with one attached hydrogen (secondary N) is 1. The van der Waals surface area contributed by atoms with Crippen LogP contribution in [0.5, 0.6) is 5.75 Å². The monoisotopic (exact) mass is 455 g/mol. The molecule has 1 unspecified atom stereocenters. The number of fused-ring (bicyclic) bond motifs is 1. The first-order chi connectivity index (χ1) is 15.5. The van der Waals surface area contributed by atoms with E-state index < -0.39 is 9.73 Å². The first-order valence-corrected chi connectivity index (χ1v) is 12.9. The molecule has 2 aliphatic rings. The van der Waals surface area contributed by atoms with Crippen molar-refractivity contribution in [2.45, 2.75) is 49.2 Å². The molecule has 3 aromatic rings. The Labute approximate surface area is 187 Å². The zero-order chi connectivity index (χ0) is 22.3. The van der Waals surface area contributed by atoms with E-state index in [1.165, 1.54) is 0 Å². The molecule has 3 heterocycles. The molecule has 1 aliphatic carbocycles. The van der Waals surface area contributed by atoms with E-state index in [1.54, 1.807) is 24.9 Å². The summed E-state index contributed by atoms with van der Waals surface area (Å²) in [6, 6.07) is 7.69. The molecule has 0 radical (unpaired) electrons. The number of rotatable bonds is 5. The smallest absolute Gasteiger partial charge is 0.274 e. The van der Waals surface area contributed by atoms with Crippen LogP contribution >= 0.6 is 0 Å². The molecule has 1 aliphatic heterocycles. The lowest BCUT2D eigenvalue weighted by Crippen LogP contribution is -2.27. The lowest BCUT2D eigenvalue weighted by molar-refractivity contribution is 0.0329. The predicted octanol–water partition coefficient (Wildman–Crippen LogP) is 4.10. The Morgan fingerprint density at radius 3 is 2.62 bits per heavy atom. The zero-order valence-electron chi connectivity index (χ0n) is 18.5. The van der Waals surface area contributed by atoms with Crippen LogP contribution in [0.3, 0.4) is 0 Å². The van der Waals surface area contributed by atoms with Crippen LogP contribution in [0.4, 0.5) is 0 Å². The normalized spacial score (nSPS) is 25.7. The molecule has 1 fully saturated rings. The van der Waals surface area contributed by atoms with Crippen molar-refractivity contribution in [3.8, 4) is 16.9 Å². The van der Waals surface area contributed by atoms with Gasteiger partial charge in [0.25, 0.3) is 5.56 Å². The fraction of sp³-hybridized carbons (Fsp3) is 0.458. The molecule has 5 rings (SSSR count). The van der Waals surface area contributed by atoms with Gasteiger partial charge in [-0.2, -0.15) is 0 Å². The Morgan fingerprint density at radius 1 is 1.12 bits per heavy atom. The van der Waals surface area contributed by atoms with Crippen molar-refractivity contribution in [3.63, 3.8) is 0 Å². The molecule has 0 spiro atoms. The van der Waals surface area contributed by atoms with E-state index in [1.807, 2.05) is 30.5 Å². The van der Waals surface area contributed by atoms with Crippen molar-refractivity contribution in [1.29, 1.82) is 0 Å².